The fraction of sp³-hybridized carbons (Fsp3) is 0.545. The standard InChI is InChI=1S/C11H14N2O4/c1-16-10(14)9-7-5-3-4-6-8(7)12-13(9)11(15)17-2/h3-6H2,1-2H3. The van der Waals surface area contributed by atoms with Gasteiger partial charge in [-0.25, -0.2) is 9.59 Å². The molecule has 1 aromatic heterocycles. The summed E-state index contributed by atoms with van der Waals surface area (Å²) in [7, 11) is 2.54. The maximum atomic E-state index is 11.7. The maximum absolute atomic E-state index is 11.7. The highest BCUT2D eigenvalue weighted by molar-refractivity contribution is 5.93. The lowest BCUT2D eigenvalue weighted by Gasteiger charge is -2.09. The topological polar surface area (TPSA) is 70.4 Å². The number of fused-ring (bicyclic) bond motifs is 1. The highest BCUT2D eigenvalue weighted by atomic mass is 16.5. The van der Waals surface area contributed by atoms with Gasteiger partial charge in [0.05, 0.1) is 19.9 Å². The molecule has 1 heterocycles. The molecular weight excluding hydrogens is 224 g/mol. The summed E-state index contributed by atoms with van der Waals surface area (Å²) in [6.07, 6.45) is 2.87. The van der Waals surface area contributed by atoms with Crippen molar-refractivity contribution in [1.82, 2.24) is 9.78 Å². The van der Waals surface area contributed by atoms with Crippen molar-refractivity contribution in [3.8, 4) is 0 Å². The SMILES string of the molecule is COC(=O)c1c2c(nn1C(=O)OC)CCCC2. The van der Waals surface area contributed by atoms with Crippen LogP contribution in [0.3, 0.4) is 0 Å². The van der Waals surface area contributed by atoms with Crippen molar-refractivity contribution >= 4 is 12.1 Å². The molecule has 0 amide bonds. The molecule has 6 nitrogen and oxygen atoms in total. The van der Waals surface area contributed by atoms with Gasteiger partial charge in [-0.1, -0.05) is 0 Å². The van der Waals surface area contributed by atoms with Gasteiger partial charge in [0.1, 0.15) is 0 Å². The Morgan fingerprint density at radius 1 is 1.18 bits per heavy atom. The van der Waals surface area contributed by atoms with E-state index in [0.29, 0.717) is 0 Å². The second-order valence-electron chi connectivity index (χ2n) is 3.85. The van der Waals surface area contributed by atoms with Crippen LogP contribution in [0.1, 0.15) is 34.6 Å². The van der Waals surface area contributed by atoms with Gasteiger partial charge in [-0.2, -0.15) is 9.78 Å². The number of esters is 1. The zero-order valence-corrected chi connectivity index (χ0v) is 9.86. The van der Waals surface area contributed by atoms with E-state index in [2.05, 4.69) is 14.6 Å². The van der Waals surface area contributed by atoms with Crippen LogP contribution in [-0.4, -0.2) is 36.1 Å². The maximum Gasteiger partial charge on any atom is 0.435 e. The number of methoxy groups -OCH3 is 2. The van der Waals surface area contributed by atoms with Gasteiger partial charge >= 0.3 is 12.1 Å². The third-order valence-electron chi connectivity index (χ3n) is 2.88. The molecule has 0 saturated heterocycles. The predicted molar refractivity (Wildman–Crippen MR) is 58.0 cm³/mol. The summed E-state index contributed by atoms with van der Waals surface area (Å²) in [4.78, 5) is 23.2. The number of nitrogens with zero attached hydrogens (tertiary/aromatic N) is 2. The highest BCUT2D eigenvalue weighted by Crippen LogP contribution is 2.24. The number of carbonyl (C=O) groups excluding carboxylic acids is 2. The number of ether oxygens (including phenoxy) is 2. The van der Waals surface area contributed by atoms with Crippen molar-refractivity contribution in [2.24, 2.45) is 0 Å². The average Bonchev–Trinajstić information content (AvgIpc) is 2.76. The average molecular weight is 238 g/mol. The van der Waals surface area contributed by atoms with Crippen LogP contribution >= 0.6 is 0 Å². The van der Waals surface area contributed by atoms with Gasteiger partial charge < -0.3 is 9.47 Å². The molecule has 1 aliphatic carbocycles. The largest absolute Gasteiger partial charge is 0.464 e. The molecule has 0 fully saturated rings. The summed E-state index contributed by atoms with van der Waals surface area (Å²) in [6, 6.07) is 0. The number of rotatable bonds is 1. The van der Waals surface area contributed by atoms with Gasteiger partial charge in [0.25, 0.3) is 0 Å². The molecule has 0 saturated carbocycles. The van der Waals surface area contributed by atoms with Gasteiger partial charge in [-0.3, -0.25) is 0 Å². The Morgan fingerprint density at radius 3 is 2.53 bits per heavy atom. The van der Waals surface area contributed by atoms with Crippen molar-refractivity contribution in [2.75, 3.05) is 14.2 Å². The number of aryl methyl sites for hydroxylation is 1. The first-order chi connectivity index (χ1) is 8.19. The highest BCUT2D eigenvalue weighted by Gasteiger charge is 2.28. The first-order valence-corrected chi connectivity index (χ1v) is 5.46. The minimum atomic E-state index is -0.667. The quantitative estimate of drug-likeness (QED) is 0.687. The van der Waals surface area contributed by atoms with Crippen molar-refractivity contribution in [1.29, 1.82) is 0 Å². The molecule has 0 radical (unpaired) electrons. The van der Waals surface area contributed by atoms with Crippen LogP contribution in [0.5, 0.6) is 0 Å². The van der Waals surface area contributed by atoms with E-state index in [1.54, 1.807) is 0 Å². The van der Waals surface area contributed by atoms with E-state index in [1.807, 2.05) is 0 Å². The molecule has 0 bridgehead atoms. The molecule has 0 spiro atoms. The summed E-state index contributed by atoms with van der Waals surface area (Å²) >= 11 is 0. The summed E-state index contributed by atoms with van der Waals surface area (Å²) in [6.45, 7) is 0. The Balaban J connectivity index is 2.54. The minimum Gasteiger partial charge on any atom is -0.464 e. The van der Waals surface area contributed by atoms with Crippen LogP contribution in [0.2, 0.25) is 0 Å². The van der Waals surface area contributed by atoms with E-state index >= 15 is 0 Å². The number of aromatic nitrogens is 2. The fourth-order valence-corrected chi connectivity index (χ4v) is 2.08. The molecule has 0 aliphatic heterocycles. The van der Waals surface area contributed by atoms with Gasteiger partial charge in [0, 0.05) is 5.56 Å². The zero-order chi connectivity index (χ0) is 12.4. The van der Waals surface area contributed by atoms with Crippen molar-refractivity contribution in [3.63, 3.8) is 0 Å². The van der Waals surface area contributed by atoms with E-state index in [1.165, 1.54) is 14.2 Å². The molecule has 0 atom stereocenters. The van der Waals surface area contributed by atoms with Crippen LogP contribution in [0.25, 0.3) is 0 Å². The van der Waals surface area contributed by atoms with Gasteiger partial charge in [0.15, 0.2) is 5.69 Å². The molecule has 0 unspecified atom stereocenters. The molecule has 1 aliphatic rings. The minimum absolute atomic E-state index is 0.203. The molecule has 1 aromatic rings. The smallest absolute Gasteiger partial charge is 0.435 e. The van der Waals surface area contributed by atoms with Crippen molar-refractivity contribution < 1.29 is 19.1 Å². The molecular formula is C11H14N2O4. The van der Waals surface area contributed by atoms with Gasteiger partial charge in [0.2, 0.25) is 0 Å². The van der Waals surface area contributed by atoms with Crippen molar-refractivity contribution in [3.05, 3.63) is 17.0 Å². The van der Waals surface area contributed by atoms with E-state index in [-0.39, 0.29) is 5.69 Å². The molecule has 17 heavy (non-hydrogen) atoms. The predicted octanol–water partition coefficient (Wildman–Crippen LogP) is 1.16. The third-order valence-corrected chi connectivity index (χ3v) is 2.88. The Kier molecular flexibility index (Phi) is 3.12. The van der Waals surface area contributed by atoms with Crippen LogP contribution in [-0.2, 0) is 22.3 Å². The monoisotopic (exact) mass is 238 g/mol. The van der Waals surface area contributed by atoms with Gasteiger partial charge in [-0.05, 0) is 25.7 Å². The molecule has 0 aromatic carbocycles. The Bertz CT molecular complexity index is 464. The number of hydrogen-bond donors (Lipinski definition) is 0. The Morgan fingerprint density at radius 2 is 1.88 bits per heavy atom. The van der Waals surface area contributed by atoms with Gasteiger partial charge in [-0.15, -0.1) is 0 Å². The molecule has 92 valence electrons. The zero-order valence-electron chi connectivity index (χ0n) is 9.86. The Hall–Kier alpha value is -1.85. The first-order valence-electron chi connectivity index (χ1n) is 5.46. The number of hydrogen-bond acceptors (Lipinski definition) is 5. The normalized spacial score (nSPS) is 14.0. The summed E-state index contributed by atoms with van der Waals surface area (Å²) in [5.74, 6) is -0.550. The molecule has 2 rings (SSSR count). The van der Waals surface area contributed by atoms with Crippen LogP contribution in [0.4, 0.5) is 4.79 Å². The van der Waals surface area contributed by atoms with E-state index < -0.39 is 12.1 Å². The lowest BCUT2D eigenvalue weighted by atomic mass is 9.96. The summed E-state index contributed by atoms with van der Waals surface area (Å²) in [5.41, 5.74) is 1.81. The third kappa shape index (κ3) is 1.90. The molecule has 0 N–H and O–H groups in total. The summed E-state index contributed by atoms with van der Waals surface area (Å²) < 4.78 is 10.3. The summed E-state index contributed by atoms with van der Waals surface area (Å²) in [5, 5.41) is 4.13. The number of carbonyl (C=O) groups is 2. The van der Waals surface area contributed by atoms with E-state index in [4.69, 9.17) is 0 Å². The molecule has 6 heteroatoms. The lowest BCUT2D eigenvalue weighted by molar-refractivity contribution is 0.0583. The van der Waals surface area contributed by atoms with E-state index in [9.17, 15) is 9.59 Å². The van der Waals surface area contributed by atoms with E-state index in [0.717, 1.165) is 41.6 Å². The van der Waals surface area contributed by atoms with Crippen LogP contribution in [0, 0.1) is 0 Å². The second-order valence-corrected chi connectivity index (χ2v) is 3.85. The Labute approximate surface area is 98.5 Å². The van der Waals surface area contributed by atoms with Crippen LogP contribution < -0.4 is 0 Å². The first kappa shape index (κ1) is 11.6. The van der Waals surface area contributed by atoms with Crippen LogP contribution in [0.15, 0.2) is 0 Å². The fourth-order valence-electron chi connectivity index (χ4n) is 2.08. The van der Waals surface area contributed by atoms with Crippen molar-refractivity contribution in [2.45, 2.75) is 25.7 Å². The lowest BCUT2D eigenvalue weighted by Crippen LogP contribution is -2.20. The second kappa shape index (κ2) is 4.57.